The Balaban J connectivity index is 1.96. The smallest absolute Gasteiger partial charge is 0.110 e. The van der Waals surface area contributed by atoms with Crippen molar-refractivity contribution in [2.24, 2.45) is 5.92 Å². The molecule has 1 fully saturated rings. The van der Waals surface area contributed by atoms with Crippen LogP contribution >= 0.6 is 0 Å². The van der Waals surface area contributed by atoms with Crippen LogP contribution in [0.15, 0.2) is 18.2 Å². The van der Waals surface area contributed by atoms with E-state index in [2.05, 4.69) is 23.0 Å². The van der Waals surface area contributed by atoms with E-state index in [9.17, 15) is 0 Å². The quantitative estimate of drug-likeness (QED) is 0.824. The molecule has 1 aromatic carbocycles. The lowest BCUT2D eigenvalue weighted by Gasteiger charge is -2.24. The number of aromatic nitrogens is 2. The normalized spacial score (nSPS) is 24.0. The van der Waals surface area contributed by atoms with Gasteiger partial charge in [0.15, 0.2) is 0 Å². The maximum absolute atomic E-state index is 9.09. The largest absolute Gasteiger partial charge is 0.342 e. The minimum atomic E-state index is 0.542. The molecule has 1 saturated carbocycles. The topological polar surface area (TPSA) is 52.5 Å². The second-order valence-electron chi connectivity index (χ2n) is 5.39. The highest BCUT2D eigenvalue weighted by atomic mass is 14.9. The molecule has 3 nitrogen and oxygen atoms in total. The summed E-state index contributed by atoms with van der Waals surface area (Å²) in [5.41, 5.74) is 2.48. The van der Waals surface area contributed by atoms with Crippen molar-refractivity contribution in [3.63, 3.8) is 0 Å². The zero-order valence-corrected chi connectivity index (χ0v) is 10.6. The van der Waals surface area contributed by atoms with Crippen LogP contribution in [0.4, 0.5) is 0 Å². The van der Waals surface area contributed by atoms with Crippen LogP contribution in [-0.4, -0.2) is 9.97 Å². The number of aromatic amines is 1. The molecule has 1 aromatic heterocycles. The Morgan fingerprint density at radius 3 is 2.78 bits per heavy atom. The molecule has 0 unspecified atom stereocenters. The van der Waals surface area contributed by atoms with Crippen molar-refractivity contribution in [3.8, 4) is 6.07 Å². The van der Waals surface area contributed by atoms with Crippen LogP contribution < -0.4 is 0 Å². The standard InChI is InChI=1S/C15H17N3/c1-10-5-7-11(8-6-10)15-17-13-4-2-3-12(9-16)14(13)18-15/h2-4,10-11H,5-8H2,1H3,(H,17,18). The van der Waals surface area contributed by atoms with Crippen molar-refractivity contribution < 1.29 is 0 Å². The van der Waals surface area contributed by atoms with E-state index in [0.29, 0.717) is 11.5 Å². The van der Waals surface area contributed by atoms with Crippen LogP contribution in [0.5, 0.6) is 0 Å². The van der Waals surface area contributed by atoms with Gasteiger partial charge in [-0.15, -0.1) is 0 Å². The van der Waals surface area contributed by atoms with E-state index in [1.807, 2.05) is 18.2 Å². The summed E-state index contributed by atoms with van der Waals surface area (Å²) < 4.78 is 0. The molecular weight excluding hydrogens is 222 g/mol. The van der Waals surface area contributed by atoms with E-state index in [1.165, 1.54) is 25.7 Å². The molecule has 0 radical (unpaired) electrons. The third kappa shape index (κ3) is 1.88. The lowest BCUT2D eigenvalue weighted by atomic mass is 9.83. The molecule has 18 heavy (non-hydrogen) atoms. The fraction of sp³-hybridized carbons (Fsp3) is 0.467. The number of H-pyrrole nitrogens is 1. The Morgan fingerprint density at radius 1 is 1.28 bits per heavy atom. The number of hydrogen-bond donors (Lipinski definition) is 1. The van der Waals surface area contributed by atoms with Gasteiger partial charge < -0.3 is 4.98 Å². The van der Waals surface area contributed by atoms with E-state index < -0.39 is 0 Å². The molecule has 92 valence electrons. The molecule has 1 N–H and O–H groups in total. The molecule has 0 aliphatic heterocycles. The van der Waals surface area contributed by atoms with Crippen molar-refractivity contribution in [2.45, 2.75) is 38.5 Å². The van der Waals surface area contributed by atoms with Gasteiger partial charge in [0.25, 0.3) is 0 Å². The van der Waals surface area contributed by atoms with Gasteiger partial charge in [0.2, 0.25) is 0 Å². The summed E-state index contributed by atoms with van der Waals surface area (Å²) in [6, 6.07) is 7.95. The number of rotatable bonds is 1. The van der Waals surface area contributed by atoms with Crippen molar-refractivity contribution in [1.82, 2.24) is 9.97 Å². The van der Waals surface area contributed by atoms with Crippen molar-refractivity contribution in [1.29, 1.82) is 5.26 Å². The highest BCUT2D eigenvalue weighted by Gasteiger charge is 2.22. The molecule has 1 heterocycles. The van der Waals surface area contributed by atoms with Crippen LogP contribution in [-0.2, 0) is 0 Å². The second kappa shape index (κ2) is 4.45. The Hall–Kier alpha value is -1.82. The molecule has 0 spiro atoms. The van der Waals surface area contributed by atoms with Gasteiger partial charge in [-0.3, -0.25) is 0 Å². The lowest BCUT2D eigenvalue weighted by Crippen LogP contribution is -2.11. The lowest BCUT2D eigenvalue weighted by molar-refractivity contribution is 0.341. The van der Waals surface area contributed by atoms with E-state index >= 15 is 0 Å². The Labute approximate surface area is 107 Å². The molecule has 0 saturated heterocycles. The first-order valence-corrected chi connectivity index (χ1v) is 6.66. The van der Waals surface area contributed by atoms with Gasteiger partial charge in [-0.25, -0.2) is 4.98 Å². The van der Waals surface area contributed by atoms with E-state index in [1.54, 1.807) is 0 Å². The van der Waals surface area contributed by atoms with Gasteiger partial charge in [0.1, 0.15) is 17.4 Å². The number of para-hydroxylation sites is 1. The molecule has 0 amide bonds. The molecule has 3 rings (SSSR count). The van der Waals surface area contributed by atoms with Gasteiger partial charge in [-0.1, -0.05) is 25.8 Å². The number of nitriles is 1. The summed E-state index contributed by atoms with van der Waals surface area (Å²) in [5, 5.41) is 9.09. The van der Waals surface area contributed by atoms with Crippen LogP contribution in [0, 0.1) is 17.2 Å². The van der Waals surface area contributed by atoms with Crippen LogP contribution in [0.1, 0.15) is 49.9 Å². The average molecular weight is 239 g/mol. The zero-order chi connectivity index (χ0) is 12.5. The van der Waals surface area contributed by atoms with Crippen LogP contribution in [0.3, 0.4) is 0 Å². The minimum absolute atomic E-state index is 0.542. The van der Waals surface area contributed by atoms with Crippen molar-refractivity contribution in [2.75, 3.05) is 0 Å². The van der Waals surface area contributed by atoms with Gasteiger partial charge in [-0.05, 0) is 30.9 Å². The first kappa shape index (κ1) is 11.3. The molecule has 0 bridgehead atoms. The van der Waals surface area contributed by atoms with E-state index in [0.717, 1.165) is 22.8 Å². The molecule has 1 aliphatic carbocycles. The molecule has 3 heteroatoms. The maximum atomic E-state index is 9.09. The second-order valence-corrected chi connectivity index (χ2v) is 5.39. The number of nitrogens with one attached hydrogen (secondary N) is 1. The predicted molar refractivity (Wildman–Crippen MR) is 71.2 cm³/mol. The monoisotopic (exact) mass is 239 g/mol. The summed E-state index contributed by atoms with van der Waals surface area (Å²) in [6.45, 7) is 2.32. The van der Waals surface area contributed by atoms with Gasteiger partial charge in [0, 0.05) is 5.92 Å². The zero-order valence-electron chi connectivity index (χ0n) is 10.6. The molecule has 2 aromatic rings. The van der Waals surface area contributed by atoms with Crippen LogP contribution in [0.2, 0.25) is 0 Å². The number of fused-ring (bicyclic) bond motifs is 1. The van der Waals surface area contributed by atoms with Crippen LogP contribution in [0.25, 0.3) is 11.0 Å². The SMILES string of the molecule is CC1CCC(c2nc3c(C#N)cccc3[nH]2)CC1. The maximum Gasteiger partial charge on any atom is 0.110 e. The summed E-state index contributed by atoms with van der Waals surface area (Å²) >= 11 is 0. The number of nitrogens with zero attached hydrogens (tertiary/aromatic N) is 2. The van der Waals surface area contributed by atoms with Gasteiger partial charge >= 0.3 is 0 Å². The summed E-state index contributed by atoms with van der Waals surface area (Å²) in [7, 11) is 0. The van der Waals surface area contributed by atoms with Crippen molar-refractivity contribution in [3.05, 3.63) is 29.6 Å². The highest BCUT2D eigenvalue weighted by Crippen LogP contribution is 2.35. The van der Waals surface area contributed by atoms with E-state index in [4.69, 9.17) is 5.26 Å². The van der Waals surface area contributed by atoms with Gasteiger partial charge in [0.05, 0.1) is 11.1 Å². The number of imidazole rings is 1. The number of benzene rings is 1. The molecular formula is C15H17N3. The van der Waals surface area contributed by atoms with E-state index in [-0.39, 0.29) is 0 Å². The van der Waals surface area contributed by atoms with Crippen molar-refractivity contribution >= 4 is 11.0 Å². The Morgan fingerprint density at radius 2 is 2.06 bits per heavy atom. The fourth-order valence-corrected chi connectivity index (χ4v) is 2.87. The first-order valence-electron chi connectivity index (χ1n) is 6.66. The number of hydrogen-bond acceptors (Lipinski definition) is 2. The minimum Gasteiger partial charge on any atom is -0.342 e. The fourth-order valence-electron chi connectivity index (χ4n) is 2.87. The Bertz CT molecular complexity index is 598. The highest BCUT2D eigenvalue weighted by molar-refractivity contribution is 5.81. The summed E-state index contributed by atoms with van der Waals surface area (Å²) in [6.07, 6.45) is 4.99. The summed E-state index contributed by atoms with van der Waals surface area (Å²) in [5.74, 6) is 2.46. The average Bonchev–Trinajstić information content (AvgIpc) is 2.83. The van der Waals surface area contributed by atoms with Gasteiger partial charge in [-0.2, -0.15) is 5.26 Å². The third-order valence-electron chi connectivity index (χ3n) is 4.05. The third-order valence-corrected chi connectivity index (χ3v) is 4.05. The molecule has 1 aliphatic rings. The predicted octanol–water partition coefficient (Wildman–Crippen LogP) is 3.73. The molecule has 0 atom stereocenters. The Kier molecular flexibility index (Phi) is 2.79. The first-order chi connectivity index (χ1) is 8.78. The summed E-state index contributed by atoms with van der Waals surface area (Å²) in [4.78, 5) is 8.05.